The molecule has 98 valence electrons. The zero-order valence-corrected chi connectivity index (χ0v) is 11.0. The second-order valence-electron chi connectivity index (χ2n) is 5.03. The van der Waals surface area contributed by atoms with Crippen LogP contribution in [0.3, 0.4) is 0 Å². The third-order valence-corrected chi connectivity index (χ3v) is 3.90. The molecule has 0 aromatic heterocycles. The Morgan fingerprint density at radius 1 is 1.00 bits per heavy atom. The van der Waals surface area contributed by atoms with Crippen LogP contribution in [-0.2, 0) is 16.9 Å². The lowest BCUT2D eigenvalue weighted by atomic mass is 9.82. The van der Waals surface area contributed by atoms with Gasteiger partial charge in [0, 0.05) is 0 Å². The molecule has 0 spiro atoms. The molecule has 0 amide bonds. The van der Waals surface area contributed by atoms with Crippen LogP contribution in [0.1, 0.15) is 29.5 Å². The van der Waals surface area contributed by atoms with E-state index in [0.717, 1.165) is 12.8 Å². The summed E-state index contributed by atoms with van der Waals surface area (Å²) < 4.78 is 6.24. The molecule has 0 aliphatic carbocycles. The third kappa shape index (κ3) is 2.07. The molecule has 2 aromatic carbocycles. The number of hydrogen-bond donors (Lipinski definition) is 1. The fraction of sp³-hybridized carbons (Fsp3) is 0.294. The Morgan fingerprint density at radius 3 is 2.53 bits per heavy atom. The number of benzene rings is 2. The molecular weight excluding hydrogens is 234 g/mol. The van der Waals surface area contributed by atoms with E-state index in [1.165, 1.54) is 16.7 Å². The molecule has 1 unspecified atom stereocenters. The van der Waals surface area contributed by atoms with Crippen LogP contribution < -0.4 is 5.73 Å². The van der Waals surface area contributed by atoms with Gasteiger partial charge in [-0.2, -0.15) is 0 Å². The highest BCUT2D eigenvalue weighted by Gasteiger charge is 2.40. The predicted molar refractivity (Wildman–Crippen MR) is 76.7 cm³/mol. The van der Waals surface area contributed by atoms with Crippen molar-refractivity contribution in [3.63, 3.8) is 0 Å². The first-order valence-corrected chi connectivity index (χ1v) is 6.85. The SMILES string of the molecule is NCCCC1(c2ccccc2)OCc2ccccc21. The molecule has 1 aliphatic heterocycles. The van der Waals surface area contributed by atoms with Gasteiger partial charge in [-0.25, -0.2) is 0 Å². The van der Waals surface area contributed by atoms with Gasteiger partial charge in [0.2, 0.25) is 0 Å². The minimum Gasteiger partial charge on any atom is -0.361 e. The Bertz CT molecular complexity index is 552. The molecule has 2 nitrogen and oxygen atoms in total. The van der Waals surface area contributed by atoms with Crippen molar-refractivity contribution in [1.82, 2.24) is 0 Å². The van der Waals surface area contributed by atoms with Crippen molar-refractivity contribution in [3.05, 3.63) is 71.3 Å². The van der Waals surface area contributed by atoms with Crippen LogP contribution in [0, 0.1) is 0 Å². The topological polar surface area (TPSA) is 35.2 Å². The van der Waals surface area contributed by atoms with Gasteiger partial charge >= 0.3 is 0 Å². The highest BCUT2D eigenvalue weighted by Crippen LogP contribution is 2.44. The maximum Gasteiger partial charge on any atom is 0.119 e. The number of hydrogen-bond acceptors (Lipinski definition) is 2. The van der Waals surface area contributed by atoms with Gasteiger partial charge in [-0.1, -0.05) is 54.6 Å². The average molecular weight is 253 g/mol. The first-order chi connectivity index (χ1) is 9.37. The first kappa shape index (κ1) is 12.4. The lowest BCUT2D eigenvalue weighted by Crippen LogP contribution is -2.27. The molecule has 19 heavy (non-hydrogen) atoms. The number of nitrogens with two attached hydrogens (primary N) is 1. The van der Waals surface area contributed by atoms with Gasteiger partial charge < -0.3 is 10.5 Å². The average Bonchev–Trinajstić information content (AvgIpc) is 2.86. The lowest BCUT2D eigenvalue weighted by molar-refractivity contribution is -0.0125. The summed E-state index contributed by atoms with van der Waals surface area (Å²) in [5.41, 5.74) is 9.23. The van der Waals surface area contributed by atoms with E-state index in [2.05, 4.69) is 48.5 Å². The fourth-order valence-electron chi connectivity index (χ4n) is 2.97. The fourth-order valence-corrected chi connectivity index (χ4v) is 2.97. The van der Waals surface area contributed by atoms with E-state index in [0.29, 0.717) is 13.2 Å². The highest BCUT2D eigenvalue weighted by molar-refractivity contribution is 5.43. The maximum absolute atomic E-state index is 6.24. The van der Waals surface area contributed by atoms with Gasteiger partial charge in [-0.3, -0.25) is 0 Å². The van der Waals surface area contributed by atoms with Crippen LogP contribution in [0.5, 0.6) is 0 Å². The number of ether oxygens (including phenoxy) is 1. The van der Waals surface area contributed by atoms with Crippen LogP contribution >= 0.6 is 0 Å². The van der Waals surface area contributed by atoms with Crippen LogP contribution in [0.4, 0.5) is 0 Å². The summed E-state index contributed by atoms with van der Waals surface area (Å²) in [6, 6.07) is 19.0. The highest BCUT2D eigenvalue weighted by atomic mass is 16.5. The van der Waals surface area contributed by atoms with Gasteiger partial charge in [0.15, 0.2) is 0 Å². The van der Waals surface area contributed by atoms with E-state index in [9.17, 15) is 0 Å². The first-order valence-electron chi connectivity index (χ1n) is 6.85. The Labute approximate surface area is 114 Å². The zero-order valence-electron chi connectivity index (χ0n) is 11.0. The summed E-state index contributed by atoms with van der Waals surface area (Å²) in [6.45, 7) is 1.38. The molecule has 1 atom stereocenters. The third-order valence-electron chi connectivity index (χ3n) is 3.90. The minimum atomic E-state index is -0.308. The van der Waals surface area contributed by atoms with Crippen LogP contribution in [0.15, 0.2) is 54.6 Å². The summed E-state index contributed by atoms with van der Waals surface area (Å²) >= 11 is 0. The molecule has 0 saturated carbocycles. The molecule has 2 N–H and O–H groups in total. The van der Waals surface area contributed by atoms with Crippen molar-refractivity contribution in [2.24, 2.45) is 5.73 Å². The summed E-state index contributed by atoms with van der Waals surface area (Å²) in [4.78, 5) is 0. The molecule has 0 radical (unpaired) electrons. The Hall–Kier alpha value is -1.64. The quantitative estimate of drug-likeness (QED) is 0.908. The molecule has 1 aliphatic rings. The van der Waals surface area contributed by atoms with Crippen LogP contribution in [0.2, 0.25) is 0 Å². The van der Waals surface area contributed by atoms with Crippen LogP contribution in [0.25, 0.3) is 0 Å². The van der Waals surface area contributed by atoms with Gasteiger partial charge in [0.25, 0.3) is 0 Å². The molecule has 0 bridgehead atoms. The van der Waals surface area contributed by atoms with E-state index < -0.39 is 0 Å². The smallest absolute Gasteiger partial charge is 0.119 e. The van der Waals surface area contributed by atoms with Crippen LogP contribution in [-0.4, -0.2) is 6.54 Å². The second-order valence-corrected chi connectivity index (χ2v) is 5.03. The standard InChI is InChI=1S/C17H19NO/c18-12-6-11-17(15-8-2-1-3-9-15)16-10-5-4-7-14(16)13-19-17/h1-5,7-10H,6,11-13,18H2. The molecule has 2 heteroatoms. The minimum absolute atomic E-state index is 0.308. The molecule has 1 heterocycles. The van der Waals surface area contributed by atoms with Crippen molar-refractivity contribution in [3.8, 4) is 0 Å². The van der Waals surface area contributed by atoms with Crippen molar-refractivity contribution in [1.29, 1.82) is 0 Å². The number of fused-ring (bicyclic) bond motifs is 1. The summed E-state index contributed by atoms with van der Waals surface area (Å²) in [7, 11) is 0. The molecule has 3 rings (SSSR count). The number of rotatable bonds is 4. The molecule has 0 saturated heterocycles. The Morgan fingerprint density at radius 2 is 1.74 bits per heavy atom. The van der Waals surface area contributed by atoms with Gasteiger partial charge in [-0.05, 0) is 36.1 Å². The summed E-state index contributed by atoms with van der Waals surface area (Å²) in [6.07, 6.45) is 1.90. The van der Waals surface area contributed by atoms with E-state index >= 15 is 0 Å². The van der Waals surface area contributed by atoms with Crippen molar-refractivity contribution < 1.29 is 4.74 Å². The summed E-state index contributed by atoms with van der Waals surface area (Å²) in [5.74, 6) is 0. The van der Waals surface area contributed by atoms with E-state index in [1.54, 1.807) is 0 Å². The Kier molecular flexibility index (Phi) is 3.36. The molecular formula is C17H19NO. The van der Waals surface area contributed by atoms with Crippen molar-refractivity contribution in [2.45, 2.75) is 25.0 Å². The van der Waals surface area contributed by atoms with Crippen molar-refractivity contribution >= 4 is 0 Å². The van der Waals surface area contributed by atoms with Gasteiger partial charge in [-0.15, -0.1) is 0 Å². The maximum atomic E-state index is 6.24. The van der Waals surface area contributed by atoms with E-state index in [4.69, 9.17) is 10.5 Å². The summed E-state index contributed by atoms with van der Waals surface area (Å²) in [5, 5.41) is 0. The van der Waals surface area contributed by atoms with Crippen molar-refractivity contribution in [2.75, 3.05) is 6.54 Å². The largest absolute Gasteiger partial charge is 0.361 e. The Balaban J connectivity index is 2.09. The molecule has 2 aromatic rings. The van der Waals surface area contributed by atoms with Gasteiger partial charge in [0.05, 0.1) is 6.61 Å². The molecule has 0 fully saturated rings. The zero-order chi connectivity index (χ0) is 13.1. The van der Waals surface area contributed by atoms with E-state index in [1.807, 2.05) is 6.07 Å². The predicted octanol–water partition coefficient (Wildman–Crippen LogP) is 3.20. The van der Waals surface area contributed by atoms with Gasteiger partial charge in [0.1, 0.15) is 5.60 Å². The normalized spacial score (nSPS) is 21.3. The monoisotopic (exact) mass is 253 g/mol. The van der Waals surface area contributed by atoms with E-state index in [-0.39, 0.29) is 5.60 Å². The lowest BCUT2D eigenvalue weighted by Gasteiger charge is -2.30. The second kappa shape index (κ2) is 5.16.